The highest BCUT2D eigenvalue weighted by molar-refractivity contribution is 7.15. The highest BCUT2D eigenvalue weighted by Crippen LogP contribution is 2.24. The monoisotopic (exact) mass is 219 g/mol. The third-order valence-electron chi connectivity index (χ3n) is 2.06. The summed E-state index contributed by atoms with van der Waals surface area (Å²) in [7, 11) is 1.94. The summed E-state index contributed by atoms with van der Waals surface area (Å²) < 4.78 is 0. The number of nitrogens with one attached hydrogen (secondary N) is 1. The first kappa shape index (κ1) is 10.3. The van der Waals surface area contributed by atoms with Crippen molar-refractivity contribution in [2.45, 2.75) is 13.5 Å². The maximum atomic E-state index is 4.37. The standard InChI is InChI=1S/C11H13N3S/c1-8-3-4-9(5-13-8)11-14-7-10(15-11)6-12-2/h3-5,7,12H,6H2,1-2H3. The van der Waals surface area contributed by atoms with Gasteiger partial charge in [-0.3, -0.25) is 4.98 Å². The van der Waals surface area contributed by atoms with Crippen LogP contribution in [-0.4, -0.2) is 17.0 Å². The normalized spacial score (nSPS) is 10.5. The number of pyridine rings is 1. The Kier molecular flexibility index (Phi) is 3.08. The summed E-state index contributed by atoms with van der Waals surface area (Å²) in [4.78, 5) is 9.88. The molecule has 3 nitrogen and oxygen atoms in total. The molecule has 0 saturated carbocycles. The number of hydrogen-bond donors (Lipinski definition) is 1. The van der Waals surface area contributed by atoms with Crippen molar-refractivity contribution >= 4 is 11.3 Å². The molecule has 0 amide bonds. The maximum Gasteiger partial charge on any atom is 0.125 e. The summed E-state index contributed by atoms with van der Waals surface area (Å²) in [5.41, 5.74) is 2.12. The Morgan fingerprint density at radius 1 is 1.27 bits per heavy atom. The Labute approximate surface area is 93.2 Å². The SMILES string of the molecule is CNCc1cnc(-c2ccc(C)nc2)s1. The highest BCUT2D eigenvalue weighted by atomic mass is 32.1. The van der Waals surface area contributed by atoms with Crippen molar-refractivity contribution < 1.29 is 0 Å². The molecule has 15 heavy (non-hydrogen) atoms. The Balaban J connectivity index is 2.25. The number of thiazole rings is 1. The first-order chi connectivity index (χ1) is 7.29. The van der Waals surface area contributed by atoms with E-state index in [0.29, 0.717) is 0 Å². The van der Waals surface area contributed by atoms with Gasteiger partial charge < -0.3 is 5.32 Å². The lowest BCUT2D eigenvalue weighted by atomic mass is 10.3. The zero-order valence-corrected chi connectivity index (χ0v) is 9.64. The van der Waals surface area contributed by atoms with Gasteiger partial charge in [0.05, 0.1) is 0 Å². The van der Waals surface area contributed by atoms with E-state index < -0.39 is 0 Å². The molecule has 78 valence electrons. The topological polar surface area (TPSA) is 37.8 Å². The van der Waals surface area contributed by atoms with Crippen LogP contribution in [0.25, 0.3) is 10.6 Å². The fourth-order valence-electron chi connectivity index (χ4n) is 1.29. The zero-order valence-electron chi connectivity index (χ0n) is 8.82. The lowest BCUT2D eigenvalue weighted by Gasteiger charge is -1.95. The molecule has 0 aliphatic rings. The molecule has 0 spiro atoms. The van der Waals surface area contributed by atoms with E-state index in [1.807, 2.05) is 32.4 Å². The molecule has 0 radical (unpaired) electrons. The number of aromatic nitrogens is 2. The molecule has 4 heteroatoms. The smallest absolute Gasteiger partial charge is 0.125 e. The van der Waals surface area contributed by atoms with Gasteiger partial charge in [-0.05, 0) is 26.1 Å². The molecular formula is C11H13N3S. The van der Waals surface area contributed by atoms with Crippen molar-refractivity contribution in [3.05, 3.63) is 35.1 Å². The minimum absolute atomic E-state index is 0.872. The predicted molar refractivity (Wildman–Crippen MR) is 62.8 cm³/mol. The Morgan fingerprint density at radius 2 is 2.13 bits per heavy atom. The van der Waals surface area contributed by atoms with Crippen LogP contribution in [-0.2, 0) is 6.54 Å². The van der Waals surface area contributed by atoms with E-state index in [0.717, 1.165) is 22.8 Å². The lowest BCUT2D eigenvalue weighted by Crippen LogP contribution is -2.02. The average Bonchev–Trinajstić information content (AvgIpc) is 2.68. The quantitative estimate of drug-likeness (QED) is 0.860. The second kappa shape index (κ2) is 4.51. The molecule has 1 N–H and O–H groups in total. The fraction of sp³-hybridized carbons (Fsp3) is 0.273. The Morgan fingerprint density at radius 3 is 2.80 bits per heavy atom. The third-order valence-corrected chi connectivity index (χ3v) is 3.11. The van der Waals surface area contributed by atoms with E-state index in [2.05, 4.69) is 21.4 Å². The van der Waals surface area contributed by atoms with Crippen molar-refractivity contribution in [1.29, 1.82) is 0 Å². The van der Waals surface area contributed by atoms with Gasteiger partial charge in [0.25, 0.3) is 0 Å². The fourth-order valence-corrected chi connectivity index (χ4v) is 2.21. The summed E-state index contributed by atoms with van der Waals surface area (Å²) in [5.74, 6) is 0. The summed E-state index contributed by atoms with van der Waals surface area (Å²) in [6, 6.07) is 4.07. The van der Waals surface area contributed by atoms with Crippen molar-refractivity contribution in [3.8, 4) is 10.6 Å². The number of aryl methyl sites for hydroxylation is 1. The van der Waals surface area contributed by atoms with Crippen LogP contribution in [0.5, 0.6) is 0 Å². The zero-order chi connectivity index (χ0) is 10.7. The van der Waals surface area contributed by atoms with Gasteiger partial charge in [-0.2, -0.15) is 0 Å². The molecule has 0 aromatic carbocycles. The van der Waals surface area contributed by atoms with Crippen LogP contribution in [0.4, 0.5) is 0 Å². The summed E-state index contributed by atoms with van der Waals surface area (Å²) >= 11 is 1.70. The first-order valence-electron chi connectivity index (χ1n) is 4.82. The largest absolute Gasteiger partial charge is 0.315 e. The van der Waals surface area contributed by atoms with E-state index in [1.54, 1.807) is 11.3 Å². The van der Waals surface area contributed by atoms with Crippen LogP contribution >= 0.6 is 11.3 Å². The third kappa shape index (κ3) is 2.40. The maximum absolute atomic E-state index is 4.37. The lowest BCUT2D eigenvalue weighted by molar-refractivity contribution is 0.829. The second-order valence-electron chi connectivity index (χ2n) is 3.35. The molecule has 2 aromatic heterocycles. The van der Waals surface area contributed by atoms with E-state index in [-0.39, 0.29) is 0 Å². The number of rotatable bonds is 3. The van der Waals surface area contributed by atoms with Crippen LogP contribution in [0.3, 0.4) is 0 Å². The van der Waals surface area contributed by atoms with Crippen LogP contribution in [0.2, 0.25) is 0 Å². The van der Waals surface area contributed by atoms with Crippen molar-refractivity contribution in [2.24, 2.45) is 0 Å². The molecule has 0 aliphatic heterocycles. The molecular weight excluding hydrogens is 206 g/mol. The van der Waals surface area contributed by atoms with Gasteiger partial charge in [-0.25, -0.2) is 4.98 Å². The summed E-state index contributed by atoms with van der Waals surface area (Å²) in [6.07, 6.45) is 3.79. The number of nitrogens with zero attached hydrogens (tertiary/aromatic N) is 2. The average molecular weight is 219 g/mol. The van der Waals surface area contributed by atoms with E-state index in [1.165, 1.54) is 4.88 Å². The van der Waals surface area contributed by atoms with Crippen molar-refractivity contribution in [1.82, 2.24) is 15.3 Å². The molecule has 2 rings (SSSR count). The van der Waals surface area contributed by atoms with E-state index in [4.69, 9.17) is 0 Å². The van der Waals surface area contributed by atoms with Gasteiger partial charge in [0.1, 0.15) is 5.01 Å². The van der Waals surface area contributed by atoms with Crippen LogP contribution in [0, 0.1) is 6.92 Å². The van der Waals surface area contributed by atoms with Gasteiger partial charge in [0, 0.05) is 35.1 Å². The summed E-state index contributed by atoms with van der Waals surface area (Å²) in [6.45, 7) is 2.86. The molecule has 2 aromatic rings. The van der Waals surface area contributed by atoms with E-state index >= 15 is 0 Å². The van der Waals surface area contributed by atoms with Crippen LogP contribution in [0.1, 0.15) is 10.6 Å². The minimum atomic E-state index is 0.872. The van der Waals surface area contributed by atoms with E-state index in [9.17, 15) is 0 Å². The molecule has 0 unspecified atom stereocenters. The molecule has 0 bridgehead atoms. The predicted octanol–water partition coefficient (Wildman–Crippen LogP) is 2.23. The first-order valence-corrected chi connectivity index (χ1v) is 5.63. The Bertz CT molecular complexity index is 433. The van der Waals surface area contributed by atoms with Gasteiger partial charge in [-0.15, -0.1) is 11.3 Å². The van der Waals surface area contributed by atoms with Gasteiger partial charge >= 0.3 is 0 Å². The minimum Gasteiger partial charge on any atom is -0.315 e. The second-order valence-corrected chi connectivity index (χ2v) is 4.47. The molecule has 0 atom stereocenters. The summed E-state index contributed by atoms with van der Waals surface area (Å²) in [5, 5.41) is 4.15. The molecule has 2 heterocycles. The van der Waals surface area contributed by atoms with Crippen molar-refractivity contribution in [3.63, 3.8) is 0 Å². The van der Waals surface area contributed by atoms with Gasteiger partial charge in [-0.1, -0.05) is 0 Å². The highest BCUT2D eigenvalue weighted by Gasteiger charge is 2.03. The molecule has 0 aliphatic carbocycles. The Hall–Kier alpha value is -1.26. The number of hydrogen-bond acceptors (Lipinski definition) is 4. The molecule has 0 saturated heterocycles. The van der Waals surface area contributed by atoms with Gasteiger partial charge in [0.2, 0.25) is 0 Å². The molecule has 0 fully saturated rings. The van der Waals surface area contributed by atoms with Crippen molar-refractivity contribution in [2.75, 3.05) is 7.05 Å². The van der Waals surface area contributed by atoms with Gasteiger partial charge in [0.15, 0.2) is 0 Å². The van der Waals surface area contributed by atoms with Crippen LogP contribution < -0.4 is 5.32 Å². The van der Waals surface area contributed by atoms with Crippen LogP contribution in [0.15, 0.2) is 24.5 Å².